The predicted molar refractivity (Wildman–Crippen MR) is 116 cm³/mol. The van der Waals surface area contributed by atoms with E-state index < -0.39 is 15.8 Å². The molecule has 0 aliphatic carbocycles. The van der Waals surface area contributed by atoms with Gasteiger partial charge >= 0.3 is 0 Å². The van der Waals surface area contributed by atoms with Crippen LogP contribution >= 0.6 is 0 Å². The quantitative estimate of drug-likeness (QED) is 0.583. The lowest BCUT2D eigenvalue weighted by Crippen LogP contribution is -2.41. The lowest BCUT2D eigenvalue weighted by atomic mass is 9.96. The van der Waals surface area contributed by atoms with Crippen LogP contribution in [0.5, 0.6) is 0 Å². The van der Waals surface area contributed by atoms with Crippen molar-refractivity contribution >= 4 is 10.0 Å². The van der Waals surface area contributed by atoms with Crippen LogP contribution in [-0.4, -0.2) is 36.0 Å². The molecule has 0 spiro atoms. The molecule has 8 heteroatoms. The summed E-state index contributed by atoms with van der Waals surface area (Å²) in [6.07, 6.45) is 2.09. The van der Waals surface area contributed by atoms with E-state index in [1.807, 2.05) is 32.9 Å². The standard InChI is InChI=1S/C23H26FN3O3S/c1-15-11-16(2)22(17(3)12-15)31(28,29)27-10-6-7-18(14-27)13-21-25-23(26-30-21)19-8-4-5-9-20(19)24/h4-5,8-9,11-12,18H,6-7,10,13-14H2,1-3H3. The summed E-state index contributed by atoms with van der Waals surface area (Å²) in [7, 11) is -3.59. The van der Waals surface area contributed by atoms with Gasteiger partial charge in [0.2, 0.25) is 21.7 Å². The second kappa shape index (κ2) is 8.51. The Balaban J connectivity index is 1.52. The summed E-state index contributed by atoms with van der Waals surface area (Å²) in [5, 5.41) is 3.90. The third-order valence-corrected chi connectivity index (χ3v) is 7.90. The van der Waals surface area contributed by atoms with Crippen molar-refractivity contribution in [1.29, 1.82) is 0 Å². The Morgan fingerprint density at radius 1 is 1.16 bits per heavy atom. The Kier molecular flexibility index (Phi) is 5.94. The van der Waals surface area contributed by atoms with Crippen molar-refractivity contribution in [2.45, 2.75) is 44.9 Å². The number of piperidine rings is 1. The average molecular weight is 444 g/mol. The Morgan fingerprint density at radius 2 is 1.87 bits per heavy atom. The van der Waals surface area contributed by atoms with Crippen LogP contribution in [0.25, 0.3) is 11.4 Å². The number of hydrogen-bond acceptors (Lipinski definition) is 5. The Labute approximate surface area is 182 Å². The van der Waals surface area contributed by atoms with Gasteiger partial charge in [0.15, 0.2) is 0 Å². The van der Waals surface area contributed by atoms with Crippen molar-refractivity contribution in [1.82, 2.24) is 14.4 Å². The van der Waals surface area contributed by atoms with E-state index in [9.17, 15) is 12.8 Å². The molecule has 0 bridgehead atoms. The van der Waals surface area contributed by atoms with Gasteiger partial charge in [-0.3, -0.25) is 0 Å². The highest BCUT2D eigenvalue weighted by Gasteiger charge is 2.33. The molecule has 0 radical (unpaired) electrons. The Bertz CT molecular complexity index is 1180. The van der Waals surface area contributed by atoms with Crippen molar-refractivity contribution < 1.29 is 17.3 Å². The normalized spacial score (nSPS) is 17.7. The van der Waals surface area contributed by atoms with Gasteiger partial charge < -0.3 is 4.52 Å². The van der Waals surface area contributed by atoms with Crippen LogP contribution < -0.4 is 0 Å². The largest absolute Gasteiger partial charge is 0.339 e. The summed E-state index contributed by atoms with van der Waals surface area (Å²) < 4.78 is 47.7. The van der Waals surface area contributed by atoms with Gasteiger partial charge in [0.25, 0.3) is 0 Å². The molecule has 4 rings (SSSR count). The molecule has 1 aliphatic rings. The first-order valence-corrected chi connectivity index (χ1v) is 11.8. The van der Waals surface area contributed by atoms with E-state index in [-0.39, 0.29) is 17.3 Å². The lowest BCUT2D eigenvalue weighted by molar-refractivity contribution is 0.247. The maximum absolute atomic E-state index is 14.0. The molecule has 0 N–H and O–H groups in total. The molecule has 31 heavy (non-hydrogen) atoms. The number of aromatic nitrogens is 2. The zero-order valence-electron chi connectivity index (χ0n) is 17.9. The van der Waals surface area contributed by atoms with Crippen LogP contribution in [0.1, 0.15) is 35.4 Å². The number of halogens is 1. The molecular formula is C23H26FN3O3S. The summed E-state index contributed by atoms with van der Waals surface area (Å²) in [4.78, 5) is 4.73. The highest BCUT2D eigenvalue weighted by atomic mass is 32.2. The molecule has 6 nitrogen and oxygen atoms in total. The van der Waals surface area contributed by atoms with Gasteiger partial charge in [0, 0.05) is 19.5 Å². The average Bonchev–Trinajstić information content (AvgIpc) is 3.15. The predicted octanol–water partition coefficient (Wildman–Crippen LogP) is 4.44. The van der Waals surface area contributed by atoms with Gasteiger partial charge in [-0.05, 0) is 62.8 Å². The van der Waals surface area contributed by atoms with Crippen molar-refractivity contribution in [3.8, 4) is 11.4 Å². The first-order chi connectivity index (χ1) is 14.8. The minimum absolute atomic E-state index is 0.0588. The zero-order valence-corrected chi connectivity index (χ0v) is 18.7. The summed E-state index contributed by atoms with van der Waals surface area (Å²) >= 11 is 0. The smallest absolute Gasteiger partial charge is 0.243 e. The summed E-state index contributed by atoms with van der Waals surface area (Å²) in [5.74, 6) is 0.251. The third-order valence-electron chi connectivity index (χ3n) is 5.73. The van der Waals surface area contributed by atoms with E-state index in [2.05, 4.69) is 10.1 Å². The maximum Gasteiger partial charge on any atom is 0.243 e. The van der Waals surface area contributed by atoms with E-state index >= 15 is 0 Å². The molecule has 1 unspecified atom stereocenters. The second-order valence-corrected chi connectivity index (χ2v) is 10.2. The van der Waals surface area contributed by atoms with Crippen molar-refractivity contribution in [3.05, 3.63) is 64.8 Å². The van der Waals surface area contributed by atoms with Gasteiger partial charge in [-0.25, -0.2) is 12.8 Å². The number of nitrogens with zero attached hydrogens (tertiary/aromatic N) is 3. The first-order valence-electron chi connectivity index (χ1n) is 10.4. The molecule has 1 saturated heterocycles. The van der Waals surface area contributed by atoms with Crippen molar-refractivity contribution in [2.75, 3.05) is 13.1 Å². The molecular weight excluding hydrogens is 417 g/mol. The van der Waals surface area contributed by atoms with Crippen LogP contribution in [-0.2, 0) is 16.4 Å². The minimum atomic E-state index is -3.59. The Hall–Kier alpha value is -2.58. The number of sulfonamides is 1. The minimum Gasteiger partial charge on any atom is -0.339 e. The second-order valence-electron chi connectivity index (χ2n) is 8.29. The molecule has 0 saturated carbocycles. The summed E-state index contributed by atoms with van der Waals surface area (Å²) in [5.41, 5.74) is 2.88. The maximum atomic E-state index is 14.0. The molecule has 3 aromatic rings. The van der Waals surface area contributed by atoms with Crippen LogP contribution in [0.4, 0.5) is 4.39 Å². The molecule has 164 valence electrons. The summed E-state index contributed by atoms with van der Waals surface area (Å²) in [6, 6.07) is 10.1. The fourth-order valence-corrected chi connectivity index (χ4v) is 6.42. The van der Waals surface area contributed by atoms with Crippen molar-refractivity contribution in [2.24, 2.45) is 5.92 Å². The Morgan fingerprint density at radius 3 is 2.58 bits per heavy atom. The van der Waals surface area contributed by atoms with E-state index in [0.29, 0.717) is 30.3 Å². The number of benzene rings is 2. The highest BCUT2D eigenvalue weighted by molar-refractivity contribution is 7.89. The molecule has 0 amide bonds. The van der Waals surface area contributed by atoms with E-state index in [0.717, 1.165) is 29.5 Å². The number of rotatable bonds is 5. The number of hydrogen-bond donors (Lipinski definition) is 0. The van der Waals surface area contributed by atoms with Crippen molar-refractivity contribution in [3.63, 3.8) is 0 Å². The SMILES string of the molecule is Cc1cc(C)c(S(=O)(=O)N2CCCC(Cc3nc(-c4ccccc4F)no3)C2)c(C)c1. The van der Waals surface area contributed by atoms with Gasteiger partial charge in [-0.2, -0.15) is 9.29 Å². The molecule has 2 heterocycles. The highest BCUT2D eigenvalue weighted by Crippen LogP contribution is 2.30. The topological polar surface area (TPSA) is 76.3 Å². The molecule has 1 aromatic heterocycles. The van der Waals surface area contributed by atoms with Gasteiger partial charge in [0.1, 0.15) is 5.82 Å². The van der Waals surface area contributed by atoms with Gasteiger partial charge in [-0.1, -0.05) is 35.0 Å². The van der Waals surface area contributed by atoms with Crippen LogP contribution in [0.3, 0.4) is 0 Å². The molecule has 2 aromatic carbocycles. The molecule has 1 aliphatic heterocycles. The number of aryl methyl sites for hydroxylation is 3. The molecule has 1 fully saturated rings. The third kappa shape index (κ3) is 4.41. The lowest BCUT2D eigenvalue weighted by Gasteiger charge is -2.32. The fraction of sp³-hybridized carbons (Fsp3) is 0.391. The van der Waals surface area contributed by atoms with E-state index in [1.54, 1.807) is 22.5 Å². The fourth-order valence-electron chi connectivity index (χ4n) is 4.45. The van der Waals surface area contributed by atoms with E-state index in [1.165, 1.54) is 6.07 Å². The first kappa shape index (κ1) is 21.6. The monoisotopic (exact) mass is 443 g/mol. The summed E-state index contributed by atoms with van der Waals surface area (Å²) in [6.45, 7) is 6.55. The molecule has 1 atom stereocenters. The van der Waals surface area contributed by atoms with E-state index in [4.69, 9.17) is 4.52 Å². The van der Waals surface area contributed by atoms with Crippen LogP contribution in [0.2, 0.25) is 0 Å². The van der Waals surface area contributed by atoms with Crippen LogP contribution in [0.15, 0.2) is 45.8 Å². The van der Waals surface area contributed by atoms with Gasteiger partial charge in [0.05, 0.1) is 10.5 Å². The van der Waals surface area contributed by atoms with Crippen LogP contribution in [0, 0.1) is 32.5 Å². The zero-order chi connectivity index (χ0) is 22.2. The van der Waals surface area contributed by atoms with Gasteiger partial charge in [-0.15, -0.1) is 0 Å².